The van der Waals surface area contributed by atoms with Crippen molar-refractivity contribution in [2.45, 2.75) is 18.9 Å². The molecule has 1 unspecified atom stereocenters. The quantitative estimate of drug-likeness (QED) is 0.689. The van der Waals surface area contributed by atoms with Crippen molar-refractivity contribution in [2.75, 3.05) is 18.5 Å². The smallest absolute Gasteiger partial charge is 0.255 e. The minimum absolute atomic E-state index is 0.162. The fourth-order valence-corrected chi connectivity index (χ4v) is 3.35. The van der Waals surface area contributed by atoms with Crippen LogP contribution in [0, 0.1) is 0 Å². The van der Waals surface area contributed by atoms with Crippen molar-refractivity contribution < 1.29 is 14.3 Å². The summed E-state index contributed by atoms with van der Waals surface area (Å²) in [6.45, 7) is 1.34. The van der Waals surface area contributed by atoms with Gasteiger partial charge in [-0.2, -0.15) is 0 Å². The first-order chi connectivity index (χ1) is 11.6. The molecule has 1 N–H and O–H groups in total. The molecule has 1 atom stereocenters. The Morgan fingerprint density at radius 3 is 2.75 bits per heavy atom. The zero-order valence-corrected chi connectivity index (χ0v) is 16.1. The molecule has 1 fully saturated rings. The van der Waals surface area contributed by atoms with E-state index >= 15 is 0 Å². The maximum atomic E-state index is 12.4. The van der Waals surface area contributed by atoms with E-state index in [2.05, 4.69) is 37.2 Å². The van der Waals surface area contributed by atoms with Crippen molar-refractivity contribution in [1.82, 2.24) is 0 Å². The van der Waals surface area contributed by atoms with Gasteiger partial charge >= 0.3 is 0 Å². The van der Waals surface area contributed by atoms with E-state index in [9.17, 15) is 4.79 Å². The Morgan fingerprint density at radius 1 is 1.21 bits per heavy atom. The minimum Gasteiger partial charge on any atom is -0.490 e. The molecule has 0 radical (unpaired) electrons. The minimum atomic E-state index is -0.173. The lowest BCUT2D eigenvalue weighted by Crippen LogP contribution is -2.16. The highest BCUT2D eigenvalue weighted by Crippen LogP contribution is 2.28. The Bertz CT molecular complexity index is 730. The van der Waals surface area contributed by atoms with E-state index in [1.807, 2.05) is 24.3 Å². The van der Waals surface area contributed by atoms with Gasteiger partial charge in [0.15, 0.2) is 0 Å². The van der Waals surface area contributed by atoms with E-state index in [4.69, 9.17) is 9.47 Å². The number of anilines is 1. The number of hydrogen-bond donors (Lipinski definition) is 1. The molecule has 1 saturated heterocycles. The maximum absolute atomic E-state index is 12.4. The second-order valence-corrected chi connectivity index (χ2v) is 7.23. The molecule has 1 aliphatic rings. The molecule has 0 spiro atoms. The van der Waals surface area contributed by atoms with Crippen molar-refractivity contribution >= 4 is 43.5 Å². The molecule has 2 aromatic carbocycles. The van der Waals surface area contributed by atoms with E-state index in [1.165, 1.54) is 0 Å². The Hall–Kier alpha value is -1.37. The van der Waals surface area contributed by atoms with Gasteiger partial charge in [0.1, 0.15) is 12.4 Å². The summed E-state index contributed by atoms with van der Waals surface area (Å²) in [6, 6.07) is 12.8. The Kier molecular flexibility index (Phi) is 5.92. The van der Waals surface area contributed by atoms with Gasteiger partial charge in [0.25, 0.3) is 5.91 Å². The zero-order valence-electron chi connectivity index (χ0n) is 12.9. The van der Waals surface area contributed by atoms with Gasteiger partial charge in [-0.05, 0) is 75.0 Å². The number of carbonyl (C=O) groups is 1. The van der Waals surface area contributed by atoms with E-state index in [0.717, 1.165) is 34.1 Å². The summed E-state index contributed by atoms with van der Waals surface area (Å²) >= 11 is 6.89. The van der Waals surface area contributed by atoms with Gasteiger partial charge in [-0.15, -0.1) is 0 Å². The van der Waals surface area contributed by atoms with Gasteiger partial charge in [0, 0.05) is 16.6 Å². The van der Waals surface area contributed by atoms with Crippen LogP contribution in [0.25, 0.3) is 0 Å². The van der Waals surface area contributed by atoms with Crippen LogP contribution in [0.2, 0.25) is 0 Å². The van der Waals surface area contributed by atoms with Crippen LogP contribution in [0.1, 0.15) is 23.2 Å². The predicted octanol–water partition coefficient (Wildman–Crippen LogP) is 5.02. The highest BCUT2D eigenvalue weighted by molar-refractivity contribution is 9.11. The topological polar surface area (TPSA) is 47.6 Å². The van der Waals surface area contributed by atoms with Crippen LogP contribution in [-0.2, 0) is 4.74 Å². The number of halogens is 2. The molecule has 0 aromatic heterocycles. The SMILES string of the molecule is O=C(Nc1ccccc1Br)c1ccc(OCC2CCCO2)c(Br)c1. The van der Waals surface area contributed by atoms with Gasteiger partial charge in [0.05, 0.1) is 16.3 Å². The van der Waals surface area contributed by atoms with E-state index < -0.39 is 0 Å². The zero-order chi connectivity index (χ0) is 16.9. The molecule has 0 saturated carbocycles. The molecular weight excluding hydrogens is 438 g/mol. The molecule has 2 aromatic rings. The molecule has 3 rings (SSSR count). The molecule has 4 nitrogen and oxygen atoms in total. The maximum Gasteiger partial charge on any atom is 0.255 e. The fourth-order valence-electron chi connectivity index (χ4n) is 2.47. The summed E-state index contributed by atoms with van der Waals surface area (Å²) in [4.78, 5) is 12.4. The fraction of sp³-hybridized carbons (Fsp3) is 0.278. The molecule has 1 amide bonds. The van der Waals surface area contributed by atoms with Crippen molar-refractivity contribution in [3.63, 3.8) is 0 Å². The third-order valence-electron chi connectivity index (χ3n) is 3.76. The lowest BCUT2D eigenvalue weighted by molar-refractivity contribution is 0.0677. The molecule has 1 aliphatic heterocycles. The molecule has 126 valence electrons. The lowest BCUT2D eigenvalue weighted by atomic mass is 10.2. The number of hydrogen-bond acceptors (Lipinski definition) is 3. The number of para-hydroxylation sites is 1. The molecule has 24 heavy (non-hydrogen) atoms. The summed E-state index contributed by atoms with van der Waals surface area (Å²) in [7, 11) is 0. The number of rotatable bonds is 5. The molecule has 1 heterocycles. The van der Waals surface area contributed by atoms with Crippen LogP contribution in [0.3, 0.4) is 0 Å². The Balaban J connectivity index is 1.65. The van der Waals surface area contributed by atoms with E-state index in [0.29, 0.717) is 17.9 Å². The normalized spacial score (nSPS) is 16.8. The third-order valence-corrected chi connectivity index (χ3v) is 5.08. The predicted molar refractivity (Wildman–Crippen MR) is 101 cm³/mol. The van der Waals surface area contributed by atoms with Crippen LogP contribution in [-0.4, -0.2) is 25.2 Å². The summed E-state index contributed by atoms with van der Waals surface area (Å²) in [5, 5.41) is 2.88. The standard InChI is InChI=1S/C18H17Br2NO3/c19-14-5-1-2-6-16(14)21-18(22)12-7-8-17(15(20)10-12)24-11-13-4-3-9-23-13/h1-2,5-8,10,13H,3-4,9,11H2,(H,21,22). The second kappa shape index (κ2) is 8.14. The summed E-state index contributed by atoms with van der Waals surface area (Å²) in [6.07, 6.45) is 2.28. The van der Waals surface area contributed by atoms with Crippen LogP contribution >= 0.6 is 31.9 Å². The number of amides is 1. The molecule has 6 heteroatoms. The average Bonchev–Trinajstić information content (AvgIpc) is 3.09. The largest absolute Gasteiger partial charge is 0.490 e. The lowest BCUT2D eigenvalue weighted by Gasteiger charge is -2.13. The van der Waals surface area contributed by atoms with Gasteiger partial charge in [-0.25, -0.2) is 0 Å². The van der Waals surface area contributed by atoms with Crippen LogP contribution in [0.5, 0.6) is 5.75 Å². The average molecular weight is 455 g/mol. The Morgan fingerprint density at radius 2 is 2.04 bits per heavy atom. The number of benzene rings is 2. The van der Waals surface area contributed by atoms with Crippen LogP contribution in [0.4, 0.5) is 5.69 Å². The van der Waals surface area contributed by atoms with Crippen molar-refractivity contribution in [2.24, 2.45) is 0 Å². The van der Waals surface area contributed by atoms with Crippen molar-refractivity contribution in [3.05, 3.63) is 57.0 Å². The summed E-state index contributed by atoms with van der Waals surface area (Å²) < 4.78 is 12.9. The van der Waals surface area contributed by atoms with Gasteiger partial charge in [0.2, 0.25) is 0 Å². The molecule has 0 aliphatic carbocycles. The first-order valence-electron chi connectivity index (χ1n) is 7.73. The van der Waals surface area contributed by atoms with E-state index in [1.54, 1.807) is 18.2 Å². The first-order valence-corrected chi connectivity index (χ1v) is 9.32. The van der Waals surface area contributed by atoms with E-state index in [-0.39, 0.29) is 12.0 Å². The van der Waals surface area contributed by atoms with Crippen molar-refractivity contribution in [3.8, 4) is 5.75 Å². The summed E-state index contributed by atoms with van der Waals surface area (Å²) in [5.41, 5.74) is 1.29. The van der Waals surface area contributed by atoms with Gasteiger partial charge < -0.3 is 14.8 Å². The first kappa shape index (κ1) is 17.5. The number of carbonyl (C=O) groups excluding carboxylic acids is 1. The monoisotopic (exact) mass is 453 g/mol. The second-order valence-electron chi connectivity index (χ2n) is 5.53. The summed E-state index contributed by atoms with van der Waals surface area (Å²) in [5.74, 6) is 0.538. The highest BCUT2D eigenvalue weighted by Gasteiger charge is 2.17. The van der Waals surface area contributed by atoms with Gasteiger partial charge in [-0.3, -0.25) is 4.79 Å². The molecule has 0 bridgehead atoms. The molecular formula is C18H17Br2NO3. The third kappa shape index (κ3) is 4.37. The van der Waals surface area contributed by atoms with Gasteiger partial charge in [-0.1, -0.05) is 12.1 Å². The highest BCUT2D eigenvalue weighted by atomic mass is 79.9. The van der Waals surface area contributed by atoms with Crippen molar-refractivity contribution in [1.29, 1.82) is 0 Å². The number of ether oxygens (including phenoxy) is 2. The Labute approximate surface area is 157 Å². The van der Waals surface area contributed by atoms with Crippen LogP contribution < -0.4 is 10.1 Å². The number of nitrogens with one attached hydrogen (secondary N) is 1. The van der Waals surface area contributed by atoms with Crippen LogP contribution in [0.15, 0.2) is 51.4 Å².